The van der Waals surface area contributed by atoms with E-state index >= 15 is 0 Å². The zero-order chi connectivity index (χ0) is 15.2. The summed E-state index contributed by atoms with van der Waals surface area (Å²) in [5, 5.41) is 10.3. The molecule has 2 aromatic rings. The van der Waals surface area contributed by atoms with Crippen LogP contribution in [-0.2, 0) is 11.3 Å². The Hall–Kier alpha value is -2.37. The summed E-state index contributed by atoms with van der Waals surface area (Å²) in [6.07, 6.45) is -0.573. The molecule has 1 amide bonds. The number of carbonyl (C=O) groups excluding carboxylic acids is 1. The molecule has 1 atom stereocenters. The molecule has 1 aromatic heterocycles. The molecule has 1 aromatic carbocycles. The van der Waals surface area contributed by atoms with E-state index in [0.717, 1.165) is 0 Å². The van der Waals surface area contributed by atoms with Crippen molar-refractivity contribution >= 4 is 5.91 Å². The summed E-state index contributed by atoms with van der Waals surface area (Å²) in [6, 6.07) is 9.28. The Morgan fingerprint density at radius 3 is 2.57 bits per heavy atom. The highest BCUT2D eigenvalue weighted by Crippen LogP contribution is 2.15. The smallest absolute Gasteiger partial charge is 0.261 e. The van der Waals surface area contributed by atoms with Crippen molar-refractivity contribution in [3.8, 4) is 5.75 Å². The molecule has 0 bridgehead atoms. The number of benzene rings is 1. The lowest BCUT2D eigenvalue weighted by Crippen LogP contribution is -2.41. The predicted octanol–water partition coefficient (Wildman–Crippen LogP) is 2.10. The van der Waals surface area contributed by atoms with Crippen LogP contribution in [0.1, 0.15) is 25.6 Å². The standard InChI is InChI=1S/C15H19N3O3/c1-10(2)14(21-12-7-5-4-6-8-12)15(19)16-9-13-18-17-11(3)20-13/h4-8,10,14H,9H2,1-3H3,(H,16,19)/t14-/m1/s1. The number of hydrogen-bond acceptors (Lipinski definition) is 5. The zero-order valence-electron chi connectivity index (χ0n) is 12.4. The van der Waals surface area contributed by atoms with Crippen LogP contribution in [-0.4, -0.2) is 22.2 Å². The van der Waals surface area contributed by atoms with Crippen LogP contribution in [0.15, 0.2) is 34.7 Å². The predicted molar refractivity (Wildman–Crippen MR) is 76.6 cm³/mol. The van der Waals surface area contributed by atoms with Crippen molar-refractivity contribution in [2.24, 2.45) is 5.92 Å². The monoisotopic (exact) mass is 289 g/mol. The third kappa shape index (κ3) is 4.30. The van der Waals surface area contributed by atoms with Gasteiger partial charge in [-0.1, -0.05) is 32.0 Å². The van der Waals surface area contributed by atoms with Gasteiger partial charge in [-0.05, 0) is 18.1 Å². The number of nitrogens with one attached hydrogen (secondary N) is 1. The molecule has 6 heteroatoms. The van der Waals surface area contributed by atoms with Gasteiger partial charge >= 0.3 is 0 Å². The fourth-order valence-corrected chi connectivity index (χ4v) is 1.81. The number of ether oxygens (including phenoxy) is 1. The van der Waals surface area contributed by atoms with Crippen molar-refractivity contribution in [2.75, 3.05) is 0 Å². The number of aromatic nitrogens is 2. The lowest BCUT2D eigenvalue weighted by Gasteiger charge is -2.21. The molecule has 0 spiro atoms. The van der Waals surface area contributed by atoms with Gasteiger partial charge in [-0.3, -0.25) is 4.79 Å². The molecule has 21 heavy (non-hydrogen) atoms. The van der Waals surface area contributed by atoms with Crippen LogP contribution in [0.3, 0.4) is 0 Å². The number of para-hydroxylation sites is 1. The number of hydrogen-bond donors (Lipinski definition) is 1. The molecule has 0 saturated heterocycles. The van der Waals surface area contributed by atoms with Crippen molar-refractivity contribution in [1.29, 1.82) is 0 Å². The van der Waals surface area contributed by atoms with Gasteiger partial charge in [0.25, 0.3) is 5.91 Å². The maximum atomic E-state index is 12.2. The Balaban J connectivity index is 1.95. The van der Waals surface area contributed by atoms with E-state index < -0.39 is 6.10 Å². The first-order valence-electron chi connectivity index (χ1n) is 6.84. The summed E-state index contributed by atoms with van der Waals surface area (Å²) in [5.74, 6) is 1.35. The second-order valence-electron chi connectivity index (χ2n) is 5.03. The summed E-state index contributed by atoms with van der Waals surface area (Å²) in [5.41, 5.74) is 0. The number of rotatable bonds is 6. The molecule has 0 aliphatic rings. The van der Waals surface area contributed by atoms with Crippen molar-refractivity contribution in [1.82, 2.24) is 15.5 Å². The van der Waals surface area contributed by atoms with Crippen LogP contribution in [0, 0.1) is 12.8 Å². The average Bonchev–Trinajstić information content (AvgIpc) is 2.89. The molecule has 112 valence electrons. The number of nitrogens with zero attached hydrogens (tertiary/aromatic N) is 2. The summed E-state index contributed by atoms with van der Waals surface area (Å²) >= 11 is 0. The first kappa shape index (κ1) is 15.0. The van der Waals surface area contributed by atoms with Gasteiger partial charge in [-0.2, -0.15) is 0 Å². The van der Waals surface area contributed by atoms with E-state index in [0.29, 0.717) is 17.5 Å². The number of aryl methyl sites for hydroxylation is 1. The average molecular weight is 289 g/mol. The quantitative estimate of drug-likeness (QED) is 0.881. The van der Waals surface area contributed by atoms with E-state index in [1.165, 1.54) is 0 Å². The van der Waals surface area contributed by atoms with Gasteiger partial charge in [0.15, 0.2) is 6.10 Å². The second kappa shape index (κ2) is 6.88. The summed E-state index contributed by atoms with van der Waals surface area (Å²) < 4.78 is 11.0. The molecular formula is C15H19N3O3. The normalized spacial score (nSPS) is 12.2. The van der Waals surface area contributed by atoms with Crippen LogP contribution >= 0.6 is 0 Å². The minimum Gasteiger partial charge on any atom is -0.480 e. The summed E-state index contributed by atoms with van der Waals surface area (Å²) in [6.45, 7) is 5.77. The molecule has 0 aliphatic carbocycles. The third-order valence-corrected chi connectivity index (χ3v) is 2.85. The Bertz CT molecular complexity index is 581. The summed E-state index contributed by atoms with van der Waals surface area (Å²) in [4.78, 5) is 12.2. The first-order chi connectivity index (χ1) is 10.1. The molecule has 1 N–H and O–H groups in total. The van der Waals surface area contributed by atoms with Gasteiger partial charge in [0.1, 0.15) is 5.75 Å². The first-order valence-corrected chi connectivity index (χ1v) is 6.84. The molecule has 0 saturated carbocycles. The fourth-order valence-electron chi connectivity index (χ4n) is 1.81. The SMILES string of the molecule is Cc1nnc(CNC(=O)[C@H](Oc2ccccc2)C(C)C)o1. The van der Waals surface area contributed by atoms with Crippen molar-refractivity contribution < 1.29 is 13.9 Å². The van der Waals surface area contributed by atoms with Crippen molar-refractivity contribution in [3.05, 3.63) is 42.1 Å². The Labute approximate surface area is 123 Å². The van der Waals surface area contributed by atoms with Crippen LogP contribution in [0.5, 0.6) is 5.75 Å². The van der Waals surface area contributed by atoms with Crippen LogP contribution in [0.2, 0.25) is 0 Å². The van der Waals surface area contributed by atoms with E-state index in [9.17, 15) is 4.79 Å². The molecule has 1 heterocycles. The number of amides is 1. The lowest BCUT2D eigenvalue weighted by molar-refractivity contribution is -0.130. The van der Waals surface area contributed by atoms with Crippen LogP contribution < -0.4 is 10.1 Å². The van der Waals surface area contributed by atoms with Gasteiger partial charge in [0.2, 0.25) is 11.8 Å². The largest absolute Gasteiger partial charge is 0.480 e. The molecule has 0 radical (unpaired) electrons. The highest BCUT2D eigenvalue weighted by molar-refractivity contribution is 5.81. The maximum Gasteiger partial charge on any atom is 0.261 e. The van der Waals surface area contributed by atoms with E-state index in [4.69, 9.17) is 9.15 Å². The van der Waals surface area contributed by atoms with Crippen molar-refractivity contribution in [3.63, 3.8) is 0 Å². The Morgan fingerprint density at radius 2 is 2.00 bits per heavy atom. The maximum absolute atomic E-state index is 12.2. The Morgan fingerprint density at radius 1 is 1.29 bits per heavy atom. The Kier molecular flexibility index (Phi) is 4.92. The second-order valence-corrected chi connectivity index (χ2v) is 5.03. The third-order valence-electron chi connectivity index (χ3n) is 2.85. The van der Waals surface area contributed by atoms with Crippen LogP contribution in [0.4, 0.5) is 0 Å². The summed E-state index contributed by atoms with van der Waals surface area (Å²) in [7, 11) is 0. The van der Waals surface area contributed by atoms with Crippen LogP contribution in [0.25, 0.3) is 0 Å². The molecule has 2 rings (SSSR count). The van der Waals surface area contributed by atoms with E-state index in [-0.39, 0.29) is 18.4 Å². The van der Waals surface area contributed by atoms with Gasteiger partial charge in [0.05, 0.1) is 6.54 Å². The van der Waals surface area contributed by atoms with E-state index in [1.807, 2.05) is 44.2 Å². The molecule has 0 aliphatic heterocycles. The van der Waals surface area contributed by atoms with Crippen molar-refractivity contribution in [2.45, 2.75) is 33.4 Å². The van der Waals surface area contributed by atoms with E-state index in [1.54, 1.807) is 6.92 Å². The minimum atomic E-state index is -0.573. The highest BCUT2D eigenvalue weighted by atomic mass is 16.5. The minimum absolute atomic E-state index is 0.0367. The lowest BCUT2D eigenvalue weighted by atomic mass is 10.1. The highest BCUT2D eigenvalue weighted by Gasteiger charge is 2.24. The molecular weight excluding hydrogens is 270 g/mol. The van der Waals surface area contributed by atoms with Gasteiger partial charge in [-0.15, -0.1) is 10.2 Å². The van der Waals surface area contributed by atoms with Gasteiger partial charge in [0, 0.05) is 6.92 Å². The van der Waals surface area contributed by atoms with E-state index in [2.05, 4.69) is 15.5 Å². The topological polar surface area (TPSA) is 77.2 Å². The number of carbonyl (C=O) groups is 1. The van der Waals surface area contributed by atoms with Gasteiger partial charge < -0.3 is 14.5 Å². The molecule has 0 unspecified atom stereocenters. The molecule has 6 nitrogen and oxygen atoms in total. The van der Waals surface area contributed by atoms with Gasteiger partial charge in [-0.25, -0.2) is 0 Å². The molecule has 0 fully saturated rings. The fraction of sp³-hybridized carbons (Fsp3) is 0.400. The zero-order valence-corrected chi connectivity index (χ0v) is 12.4.